The molecule has 0 aliphatic carbocycles. The average Bonchev–Trinajstić information content (AvgIpc) is 3.39. The Morgan fingerprint density at radius 1 is 1.09 bits per heavy atom. The van der Waals surface area contributed by atoms with Crippen LogP contribution in [0.2, 0.25) is 0 Å². The number of methoxy groups -OCH3 is 1. The summed E-state index contributed by atoms with van der Waals surface area (Å²) in [7, 11) is 1.60. The van der Waals surface area contributed by atoms with Crippen LogP contribution in [0.1, 0.15) is 36.7 Å². The number of nitrogens with one attached hydrogen (secondary N) is 2. The van der Waals surface area contributed by atoms with Gasteiger partial charge in [-0.05, 0) is 55.8 Å². The second-order valence-electron chi connectivity index (χ2n) is 8.73. The number of allylic oxidation sites excluding steroid dienone is 2. The number of fused-ring (bicyclic) bond motifs is 2. The molecule has 1 aromatic heterocycles. The van der Waals surface area contributed by atoms with Crippen molar-refractivity contribution in [3.05, 3.63) is 82.4 Å². The van der Waals surface area contributed by atoms with Crippen molar-refractivity contribution in [1.29, 1.82) is 0 Å². The standard InChI is InChI=1S/C28H27N3O4/c1-5-35-28(33)22-16(3)30-27-25(26(32)20(31-27)14-18-12-10-15(2)29-18)24(22)23-19-9-7-6-8-17(19)11-13-21(23)34-4/h6-14,24-25,29H,5H2,1-4H3,(H,30,31)/b20-14+. The third kappa shape index (κ3) is 3.83. The van der Waals surface area contributed by atoms with E-state index >= 15 is 0 Å². The predicted molar refractivity (Wildman–Crippen MR) is 135 cm³/mol. The fraction of sp³-hybridized carbons (Fsp3) is 0.250. The molecule has 7 nitrogen and oxygen atoms in total. The molecule has 2 atom stereocenters. The Bertz CT molecular complexity index is 1440. The third-order valence-electron chi connectivity index (χ3n) is 6.54. The Hall–Kier alpha value is -4.13. The Morgan fingerprint density at radius 3 is 2.60 bits per heavy atom. The van der Waals surface area contributed by atoms with Crippen molar-refractivity contribution in [2.75, 3.05) is 13.7 Å². The van der Waals surface area contributed by atoms with E-state index in [1.165, 1.54) is 0 Å². The summed E-state index contributed by atoms with van der Waals surface area (Å²) in [4.78, 5) is 35.0. The van der Waals surface area contributed by atoms with E-state index in [0.717, 1.165) is 27.7 Å². The van der Waals surface area contributed by atoms with Gasteiger partial charge < -0.3 is 19.8 Å². The van der Waals surface area contributed by atoms with Crippen molar-refractivity contribution < 1.29 is 19.1 Å². The number of esters is 1. The molecule has 0 fully saturated rings. The molecule has 2 N–H and O–H groups in total. The van der Waals surface area contributed by atoms with Crippen molar-refractivity contribution in [2.24, 2.45) is 10.9 Å². The van der Waals surface area contributed by atoms with Gasteiger partial charge in [-0.2, -0.15) is 0 Å². The van der Waals surface area contributed by atoms with E-state index in [0.29, 0.717) is 28.6 Å². The number of nitrogens with zero attached hydrogens (tertiary/aromatic N) is 1. The van der Waals surface area contributed by atoms with Gasteiger partial charge in [0, 0.05) is 28.6 Å². The molecule has 2 aliphatic heterocycles. The highest BCUT2D eigenvalue weighted by molar-refractivity contribution is 6.22. The van der Waals surface area contributed by atoms with Crippen LogP contribution in [-0.2, 0) is 14.3 Å². The van der Waals surface area contributed by atoms with E-state index in [4.69, 9.17) is 9.47 Å². The van der Waals surface area contributed by atoms with Crippen LogP contribution in [0.3, 0.4) is 0 Å². The summed E-state index contributed by atoms with van der Waals surface area (Å²) >= 11 is 0. The van der Waals surface area contributed by atoms with Crippen molar-refractivity contribution in [3.8, 4) is 5.75 Å². The number of hydrogen-bond donors (Lipinski definition) is 2. The Morgan fingerprint density at radius 2 is 1.89 bits per heavy atom. The van der Waals surface area contributed by atoms with Gasteiger partial charge in [0.05, 0.1) is 25.2 Å². The molecule has 0 bridgehead atoms. The highest BCUT2D eigenvalue weighted by atomic mass is 16.5. The molecule has 5 rings (SSSR count). The quantitative estimate of drug-likeness (QED) is 0.419. The Kier molecular flexibility index (Phi) is 5.76. The van der Waals surface area contributed by atoms with Crippen LogP contribution in [-0.4, -0.2) is 36.3 Å². The number of ether oxygens (including phenoxy) is 2. The maximum atomic E-state index is 13.9. The average molecular weight is 470 g/mol. The van der Waals surface area contributed by atoms with E-state index < -0.39 is 17.8 Å². The molecule has 0 radical (unpaired) electrons. The van der Waals surface area contributed by atoms with Gasteiger partial charge in [-0.15, -0.1) is 0 Å². The van der Waals surface area contributed by atoms with Crippen LogP contribution in [0.5, 0.6) is 5.75 Å². The molecule has 0 saturated heterocycles. The zero-order chi connectivity index (χ0) is 24.7. The second kappa shape index (κ2) is 8.91. The van der Waals surface area contributed by atoms with Crippen LogP contribution >= 0.6 is 0 Å². The lowest BCUT2D eigenvalue weighted by molar-refractivity contribution is -0.139. The fourth-order valence-corrected chi connectivity index (χ4v) is 5.05. The van der Waals surface area contributed by atoms with Gasteiger partial charge in [-0.25, -0.2) is 9.79 Å². The van der Waals surface area contributed by atoms with E-state index in [2.05, 4.69) is 15.3 Å². The number of Topliss-reactive ketones (excluding diaryl/α,β-unsaturated/α-hetero) is 1. The number of aliphatic imine (C=N–C) groups is 1. The van der Waals surface area contributed by atoms with Crippen LogP contribution < -0.4 is 10.1 Å². The Labute approximate surface area is 203 Å². The first kappa shape index (κ1) is 22.7. The van der Waals surface area contributed by atoms with Gasteiger partial charge in [-0.3, -0.25) is 4.79 Å². The first-order valence-electron chi connectivity index (χ1n) is 11.6. The van der Waals surface area contributed by atoms with Crippen molar-refractivity contribution in [1.82, 2.24) is 10.3 Å². The number of rotatable bonds is 5. The number of ketones is 1. The molecule has 0 spiro atoms. The lowest BCUT2D eigenvalue weighted by Gasteiger charge is -2.33. The molecular formula is C28H27N3O4. The molecule has 2 unspecified atom stereocenters. The van der Waals surface area contributed by atoms with Gasteiger partial charge in [0.1, 0.15) is 17.3 Å². The zero-order valence-corrected chi connectivity index (χ0v) is 20.1. The minimum atomic E-state index is -0.708. The van der Waals surface area contributed by atoms with Gasteiger partial charge in [0.15, 0.2) is 5.78 Å². The Balaban J connectivity index is 1.73. The minimum absolute atomic E-state index is 0.158. The number of aromatic amines is 1. The number of hydrogen-bond acceptors (Lipinski definition) is 6. The smallest absolute Gasteiger partial charge is 0.336 e. The predicted octanol–water partition coefficient (Wildman–Crippen LogP) is 4.65. The molecule has 3 aromatic rings. The molecule has 35 heavy (non-hydrogen) atoms. The summed E-state index contributed by atoms with van der Waals surface area (Å²) in [5, 5.41) is 5.13. The molecule has 3 heterocycles. The first-order valence-corrected chi connectivity index (χ1v) is 11.6. The molecular weight excluding hydrogens is 442 g/mol. The van der Waals surface area contributed by atoms with E-state index in [1.54, 1.807) is 20.1 Å². The summed E-state index contributed by atoms with van der Waals surface area (Å²) in [6, 6.07) is 15.6. The van der Waals surface area contributed by atoms with E-state index in [-0.39, 0.29) is 12.4 Å². The highest BCUT2D eigenvalue weighted by Crippen LogP contribution is 2.47. The van der Waals surface area contributed by atoms with Gasteiger partial charge in [0.2, 0.25) is 0 Å². The van der Waals surface area contributed by atoms with Crippen molar-refractivity contribution >= 4 is 34.4 Å². The van der Waals surface area contributed by atoms with E-state index in [9.17, 15) is 9.59 Å². The highest BCUT2D eigenvalue weighted by Gasteiger charge is 2.49. The lowest BCUT2D eigenvalue weighted by atomic mass is 9.73. The molecule has 7 heteroatoms. The summed E-state index contributed by atoms with van der Waals surface area (Å²) in [6.45, 7) is 5.76. The number of amidine groups is 1. The maximum Gasteiger partial charge on any atom is 0.336 e. The second-order valence-corrected chi connectivity index (χ2v) is 8.73. The van der Waals surface area contributed by atoms with Crippen molar-refractivity contribution in [2.45, 2.75) is 26.7 Å². The number of aromatic nitrogens is 1. The monoisotopic (exact) mass is 469 g/mol. The first-order chi connectivity index (χ1) is 16.9. The van der Waals surface area contributed by atoms with E-state index in [1.807, 2.05) is 62.4 Å². The number of carbonyl (C=O) groups excluding carboxylic acids is 2. The maximum absolute atomic E-state index is 13.9. The summed E-state index contributed by atoms with van der Waals surface area (Å²) in [5.41, 5.74) is 3.92. The largest absolute Gasteiger partial charge is 0.496 e. The number of benzene rings is 2. The normalized spacial score (nSPS) is 20.6. The van der Waals surface area contributed by atoms with Crippen LogP contribution in [0.25, 0.3) is 16.8 Å². The van der Waals surface area contributed by atoms with Crippen LogP contribution in [0.15, 0.2) is 70.5 Å². The molecule has 0 saturated carbocycles. The van der Waals surface area contributed by atoms with Crippen molar-refractivity contribution in [3.63, 3.8) is 0 Å². The molecule has 0 amide bonds. The lowest BCUT2D eigenvalue weighted by Crippen LogP contribution is -2.43. The van der Waals surface area contributed by atoms with Crippen LogP contribution in [0, 0.1) is 12.8 Å². The van der Waals surface area contributed by atoms with Gasteiger partial charge >= 0.3 is 5.97 Å². The molecule has 2 aromatic carbocycles. The molecule has 178 valence electrons. The topological polar surface area (TPSA) is 92.8 Å². The van der Waals surface area contributed by atoms with Crippen LogP contribution in [0.4, 0.5) is 0 Å². The summed E-state index contributed by atoms with van der Waals surface area (Å²) < 4.78 is 11.2. The SMILES string of the molecule is CCOC(=O)C1=C(C)NC2=N/C(=C/c3ccc(C)[nH]3)C(=O)C2C1c1c(OC)ccc2ccccc12. The third-order valence-corrected chi connectivity index (χ3v) is 6.54. The summed E-state index contributed by atoms with van der Waals surface area (Å²) in [5.74, 6) is -0.820. The van der Waals surface area contributed by atoms with Gasteiger partial charge in [-0.1, -0.05) is 30.3 Å². The number of aryl methyl sites for hydroxylation is 1. The minimum Gasteiger partial charge on any atom is -0.496 e. The summed E-state index contributed by atoms with van der Waals surface area (Å²) in [6.07, 6.45) is 1.75. The zero-order valence-electron chi connectivity index (χ0n) is 20.1. The number of carbonyl (C=O) groups is 2. The fourth-order valence-electron chi connectivity index (χ4n) is 5.05. The molecule has 2 aliphatic rings. The van der Waals surface area contributed by atoms with Gasteiger partial charge in [0.25, 0.3) is 0 Å². The number of H-pyrrole nitrogens is 1.